The second kappa shape index (κ2) is 15.0. The highest BCUT2D eigenvalue weighted by molar-refractivity contribution is 5.89. The molecule has 198 valence electrons. The van der Waals surface area contributed by atoms with Crippen molar-refractivity contribution in [2.24, 2.45) is 0 Å². The molecular weight excluding hydrogens is 477 g/mol. The van der Waals surface area contributed by atoms with Gasteiger partial charge in [-0.3, -0.25) is 0 Å². The van der Waals surface area contributed by atoms with Gasteiger partial charge in [0.05, 0.1) is 6.54 Å². The number of carboxylic acids is 1. The zero-order chi connectivity index (χ0) is 26.4. The minimum absolute atomic E-state index is 0.0204. The molecular formula is C26H33F3N2O5. The van der Waals surface area contributed by atoms with Crippen LogP contribution in [0.5, 0.6) is 5.75 Å². The quantitative estimate of drug-likeness (QED) is 0.298. The van der Waals surface area contributed by atoms with Crippen LogP contribution in [-0.4, -0.2) is 60.6 Å². The SMILES string of the molecule is CCOC(Cc1ccc(OCCN(CCCCCC(F)(F)F)C(=O)Nc2ccccc2)cc1)C(=O)O. The average Bonchev–Trinajstić information content (AvgIpc) is 2.83. The first-order chi connectivity index (χ1) is 17.2. The lowest BCUT2D eigenvalue weighted by molar-refractivity contribution is -0.150. The number of alkyl halides is 3. The standard InChI is InChI=1S/C26H33F3N2O5/c1-2-35-23(24(32)33)19-20-11-13-22(14-12-20)36-18-17-31(16-8-4-7-15-26(27,28)29)25(34)30-21-9-5-3-6-10-21/h3,5-6,9-14,23H,2,4,7-8,15-19H2,1H3,(H,30,34)(H,32,33). The minimum Gasteiger partial charge on any atom is -0.492 e. The maximum absolute atomic E-state index is 12.8. The Morgan fingerprint density at radius 3 is 2.31 bits per heavy atom. The summed E-state index contributed by atoms with van der Waals surface area (Å²) in [4.78, 5) is 25.5. The van der Waals surface area contributed by atoms with Crippen LogP contribution in [0.1, 0.15) is 38.2 Å². The number of hydrogen-bond donors (Lipinski definition) is 2. The number of anilines is 1. The van der Waals surface area contributed by atoms with E-state index in [-0.39, 0.29) is 32.0 Å². The molecule has 10 heteroatoms. The lowest BCUT2D eigenvalue weighted by atomic mass is 10.1. The highest BCUT2D eigenvalue weighted by Crippen LogP contribution is 2.22. The van der Waals surface area contributed by atoms with E-state index in [9.17, 15) is 27.9 Å². The van der Waals surface area contributed by atoms with Crippen molar-refractivity contribution in [1.29, 1.82) is 0 Å². The monoisotopic (exact) mass is 510 g/mol. The smallest absolute Gasteiger partial charge is 0.389 e. The van der Waals surface area contributed by atoms with Crippen molar-refractivity contribution >= 4 is 17.7 Å². The summed E-state index contributed by atoms with van der Waals surface area (Å²) in [7, 11) is 0. The molecule has 2 N–H and O–H groups in total. The van der Waals surface area contributed by atoms with E-state index in [0.29, 0.717) is 37.4 Å². The maximum atomic E-state index is 12.8. The van der Waals surface area contributed by atoms with Gasteiger partial charge in [0.1, 0.15) is 12.4 Å². The molecule has 0 aliphatic carbocycles. The number of rotatable bonds is 15. The number of hydrogen-bond acceptors (Lipinski definition) is 4. The Kier molecular flexibility index (Phi) is 12.0. The second-order valence-electron chi connectivity index (χ2n) is 8.19. The summed E-state index contributed by atoms with van der Waals surface area (Å²) >= 11 is 0. The third kappa shape index (κ3) is 11.4. The van der Waals surface area contributed by atoms with Crippen LogP contribution in [0.15, 0.2) is 54.6 Å². The number of carbonyl (C=O) groups excluding carboxylic acids is 1. The van der Waals surface area contributed by atoms with Crippen LogP contribution in [0.3, 0.4) is 0 Å². The van der Waals surface area contributed by atoms with Crippen LogP contribution in [0.25, 0.3) is 0 Å². The van der Waals surface area contributed by atoms with Gasteiger partial charge in [-0.25, -0.2) is 9.59 Å². The van der Waals surface area contributed by atoms with Crippen LogP contribution < -0.4 is 10.1 Å². The summed E-state index contributed by atoms with van der Waals surface area (Å²) in [5.41, 5.74) is 1.40. The number of aliphatic carboxylic acids is 1. The molecule has 0 bridgehead atoms. The zero-order valence-corrected chi connectivity index (χ0v) is 20.3. The van der Waals surface area contributed by atoms with Crippen LogP contribution >= 0.6 is 0 Å². The van der Waals surface area contributed by atoms with Gasteiger partial charge >= 0.3 is 18.2 Å². The van der Waals surface area contributed by atoms with Gasteiger partial charge in [0.2, 0.25) is 0 Å². The summed E-state index contributed by atoms with van der Waals surface area (Å²) in [6, 6.07) is 15.5. The predicted molar refractivity (Wildman–Crippen MR) is 130 cm³/mol. The molecule has 0 saturated carbocycles. The number of halogens is 3. The molecule has 0 radical (unpaired) electrons. The number of unbranched alkanes of at least 4 members (excludes halogenated alkanes) is 2. The predicted octanol–water partition coefficient (Wildman–Crippen LogP) is 5.75. The third-order valence-corrected chi connectivity index (χ3v) is 5.32. The van der Waals surface area contributed by atoms with Gasteiger partial charge in [-0.2, -0.15) is 13.2 Å². The van der Waals surface area contributed by atoms with E-state index in [0.717, 1.165) is 5.56 Å². The fraction of sp³-hybridized carbons (Fsp3) is 0.462. The molecule has 2 rings (SSSR count). The molecule has 1 unspecified atom stereocenters. The number of amides is 2. The molecule has 0 spiro atoms. The number of para-hydroxylation sites is 1. The van der Waals surface area contributed by atoms with Gasteiger partial charge in [-0.15, -0.1) is 0 Å². The number of benzene rings is 2. The maximum Gasteiger partial charge on any atom is 0.389 e. The Bertz CT molecular complexity index is 923. The van der Waals surface area contributed by atoms with Crippen molar-refractivity contribution in [1.82, 2.24) is 4.90 Å². The Morgan fingerprint density at radius 1 is 1.00 bits per heavy atom. The highest BCUT2D eigenvalue weighted by atomic mass is 19.4. The normalized spacial score (nSPS) is 12.1. The third-order valence-electron chi connectivity index (χ3n) is 5.32. The molecule has 0 fully saturated rings. The van der Waals surface area contributed by atoms with Crippen molar-refractivity contribution < 1.29 is 37.3 Å². The topological polar surface area (TPSA) is 88.1 Å². The van der Waals surface area contributed by atoms with Crippen molar-refractivity contribution in [3.05, 3.63) is 60.2 Å². The molecule has 2 amide bonds. The van der Waals surface area contributed by atoms with Gasteiger partial charge in [-0.1, -0.05) is 36.8 Å². The van der Waals surface area contributed by atoms with E-state index >= 15 is 0 Å². The Balaban J connectivity index is 1.88. The summed E-state index contributed by atoms with van der Waals surface area (Å²) in [5.74, 6) is -0.472. The molecule has 0 saturated heterocycles. The largest absolute Gasteiger partial charge is 0.492 e. The number of urea groups is 1. The molecule has 0 aliphatic rings. The van der Waals surface area contributed by atoms with Gasteiger partial charge in [0.25, 0.3) is 0 Å². The van der Waals surface area contributed by atoms with Crippen molar-refractivity contribution in [3.63, 3.8) is 0 Å². The van der Waals surface area contributed by atoms with Crippen LogP contribution in [0, 0.1) is 0 Å². The van der Waals surface area contributed by atoms with E-state index in [1.54, 1.807) is 55.5 Å². The molecule has 36 heavy (non-hydrogen) atoms. The molecule has 2 aromatic carbocycles. The van der Waals surface area contributed by atoms with Gasteiger partial charge in [0, 0.05) is 31.7 Å². The van der Waals surface area contributed by atoms with E-state index in [2.05, 4.69) is 5.32 Å². The second-order valence-corrected chi connectivity index (χ2v) is 8.19. The van der Waals surface area contributed by atoms with Gasteiger partial charge < -0.3 is 24.8 Å². The summed E-state index contributed by atoms with van der Waals surface area (Å²) in [6.45, 7) is 2.76. The first-order valence-corrected chi connectivity index (χ1v) is 11.9. The average molecular weight is 511 g/mol. The minimum atomic E-state index is -4.18. The van der Waals surface area contributed by atoms with Gasteiger partial charge in [-0.05, 0) is 49.6 Å². The van der Waals surface area contributed by atoms with Crippen molar-refractivity contribution in [2.75, 3.05) is 31.6 Å². The molecule has 7 nitrogen and oxygen atoms in total. The lowest BCUT2D eigenvalue weighted by Gasteiger charge is -2.23. The first-order valence-electron chi connectivity index (χ1n) is 11.9. The van der Waals surface area contributed by atoms with Gasteiger partial charge in [0.15, 0.2) is 6.10 Å². The van der Waals surface area contributed by atoms with Crippen molar-refractivity contribution in [3.8, 4) is 5.75 Å². The molecule has 1 atom stereocenters. The number of nitrogens with one attached hydrogen (secondary N) is 1. The Hall–Kier alpha value is -3.27. The summed E-state index contributed by atoms with van der Waals surface area (Å²) in [6.07, 6.45) is -4.88. The van der Waals surface area contributed by atoms with Crippen LogP contribution in [0.4, 0.5) is 23.7 Å². The lowest BCUT2D eigenvalue weighted by Crippen LogP contribution is -2.38. The van der Waals surface area contributed by atoms with E-state index < -0.39 is 24.7 Å². The van der Waals surface area contributed by atoms with Crippen molar-refractivity contribution in [2.45, 2.75) is 51.3 Å². The Labute approximate surface area is 209 Å². The molecule has 2 aromatic rings. The zero-order valence-electron chi connectivity index (χ0n) is 20.3. The Morgan fingerprint density at radius 2 is 1.69 bits per heavy atom. The number of carbonyl (C=O) groups is 2. The fourth-order valence-electron chi connectivity index (χ4n) is 3.47. The molecule has 0 heterocycles. The summed E-state index contributed by atoms with van der Waals surface area (Å²) in [5, 5.41) is 12.0. The van der Waals surface area contributed by atoms with E-state index in [4.69, 9.17) is 9.47 Å². The molecule has 0 aliphatic heterocycles. The van der Waals surface area contributed by atoms with Crippen LogP contribution in [0.2, 0.25) is 0 Å². The summed E-state index contributed by atoms with van der Waals surface area (Å²) < 4.78 is 48.1. The highest BCUT2D eigenvalue weighted by Gasteiger charge is 2.26. The molecule has 0 aromatic heterocycles. The van der Waals surface area contributed by atoms with E-state index in [1.165, 1.54) is 4.90 Å². The number of ether oxygens (including phenoxy) is 2. The van der Waals surface area contributed by atoms with E-state index in [1.807, 2.05) is 6.07 Å². The number of nitrogens with zero attached hydrogens (tertiary/aromatic N) is 1. The van der Waals surface area contributed by atoms with Crippen LogP contribution in [-0.2, 0) is 16.0 Å². The number of carboxylic acid groups (broad SMARTS) is 1. The fourth-order valence-corrected chi connectivity index (χ4v) is 3.47. The first kappa shape index (κ1) is 29.0.